The number of sulfonamides is 1. The Morgan fingerprint density at radius 1 is 0.808 bits per heavy atom. The van der Waals surface area contributed by atoms with Gasteiger partial charge < -0.3 is 10.4 Å². The van der Waals surface area contributed by atoms with E-state index in [0.29, 0.717) is 16.9 Å². The molecule has 0 fully saturated rings. The first-order valence-corrected chi connectivity index (χ1v) is 9.21. The summed E-state index contributed by atoms with van der Waals surface area (Å²) in [5.74, 6) is -0.369. The monoisotopic (exact) mass is 368 g/mol. The molecule has 3 aromatic rings. The van der Waals surface area contributed by atoms with Crippen molar-refractivity contribution in [2.75, 3.05) is 10.0 Å². The van der Waals surface area contributed by atoms with Gasteiger partial charge in [0.25, 0.3) is 15.9 Å². The Morgan fingerprint density at radius 2 is 1.46 bits per heavy atom. The van der Waals surface area contributed by atoms with Crippen LogP contribution < -0.4 is 10.0 Å². The molecule has 1 amide bonds. The fourth-order valence-electron chi connectivity index (χ4n) is 2.29. The molecule has 0 aliphatic heterocycles. The number of amides is 1. The Hall–Kier alpha value is -3.32. The largest absolute Gasteiger partial charge is 0.508 e. The number of benzene rings is 3. The van der Waals surface area contributed by atoms with E-state index in [4.69, 9.17) is 0 Å². The third-order valence-corrected chi connectivity index (χ3v) is 4.95. The number of rotatable bonds is 5. The zero-order chi connectivity index (χ0) is 18.6. The van der Waals surface area contributed by atoms with Gasteiger partial charge in [-0.3, -0.25) is 9.52 Å². The van der Waals surface area contributed by atoms with Gasteiger partial charge in [-0.15, -0.1) is 0 Å². The van der Waals surface area contributed by atoms with Crippen molar-refractivity contribution in [2.24, 2.45) is 0 Å². The van der Waals surface area contributed by atoms with Crippen molar-refractivity contribution < 1.29 is 18.3 Å². The van der Waals surface area contributed by atoms with Crippen molar-refractivity contribution in [3.63, 3.8) is 0 Å². The Labute approximate surface area is 151 Å². The van der Waals surface area contributed by atoms with E-state index >= 15 is 0 Å². The fraction of sp³-hybridized carbons (Fsp3) is 0. The molecule has 0 atom stereocenters. The van der Waals surface area contributed by atoms with Crippen LogP contribution in [0.5, 0.6) is 5.75 Å². The van der Waals surface area contributed by atoms with Crippen molar-refractivity contribution in [1.29, 1.82) is 0 Å². The number of para-hydroxylation sites is 1. The summed E-state index contributed by atoms with van der Waals surface area (Å²) >= 11 is 0. The number of aromatic hydroxyl groups is 1. The Balaban J connectivity index is 1.74. The summed E-state index contributed by atoms with van der Waals surface area (Å²) in [7, 11) is -3.74. The molecule has 0 saturated carbocycles. The van der Waals surface area contributed by atoms with Crippen LogP contribution in [0, 0.1) is 0 Å². The molecule has 0 aromatic heterocycles. The molecule has 7 heteroatoms. The summed E-state index contributed by atoms with van der Waals surface area (Å²) in [6.45, 7) is 0. The Morgan fingerprint density at radius 3 is 2.12 bits per heavy atom. The number of carbonyl (C=O) groups excluding carboxylic acids is 1. The van der Waals surface area contributed by atoms with Gasteiger partial charge in [0.05, 0.1) is 4.90 Å². The van der Waals surface area contributed by atoms with Gasteiger partial charge in [0.1, 0.15) is 5.75 Å². The van der Waals surface area contributed by atoms with E-state index in [-0.39, 0.29) is 10.6 Å². The molecule has 26 heavy (non-hydrogen) atoms. The second-order valence-corrected chi connectivity index (χ2v) is 7.18. The predicted molar refractivity (Wildman–Crippen MR) is 99.8 cm³/mol. The van der Waals surface area contributed by atoms with Crippen LogP contribution in [0.25, 0.3) is 0 Å². The van der Waals surface area contributed by atoms with Crippen LogP contribution in [0.4, 0.5) is 11.4 Å². The predicted octanol–water partition coefficient (Wildman–Crippen LogP) is 3.45. The molecular formula is C19H16N2O4S. The highest BCUT2D eigenvalue weighted by atomic mass is 32.2. The lowest BCUT2D eigenvalue weighted by atomic mass is 10.2. The molecule has 6 nitrogen and oxygen atoms in total. The van der Waals surface area contributed by atoms with Crippen molar-refractivity contribution in [3.8, 4) is 5.75 Å². The van der Waals surface area contributed by atoms with Gasteiger partial charge in [-0.25, -0.2) is 8.42 Å². The number of phenols is 1. The minimum Gasteiger partial charge on any atom is -0.508 e. The summed E-state index contributed by atoms with van der Waals surface area (Å²) in [5.41, 5.74) is 1.20. The quantitative estimate of drug-likeness (QED) is 0.643. The van der Waals surface area contributed by atoms with E-state index in [1.807, 2.05) is 0 Å². The van der Waals surface area contributed by atoms with E-state index in [1.54, 1.807) is 42.5 Å². The molecule has 0 radical (unpaired) electrons. The van der Waals surface area contributed by atoms with Gasteiger partial charge in [-0.05, 0) is 48.5 Å². The molecule has 0 heterocycles. The van der Waals surface area contributed by atoms with Gasteiger partial charge in [0.15, 0.2) is 0 Å². The third kappa shape index (κ3) is 4.20. The summed E-state index contributed by atoms with van der Waals surface area (Å²) < 4.78 is 27.2. The number of hydrogen-bond acceptors (Lipinski definition) is 4. The third-order valence-electron chi connectivity index (χ3n) is 3.56. The van der Waals surface area contributed by atoms with Crippen LogP contribution in [-0.2, 0) is 10.0 Å². The molecule has 132 valence electrons. The lowest BCUT2D eigenvalue weighted by Crippen LogP contribution is -2.14. The maximum Gasteiger partial charge on any atom is 0.261 e. The van der Waals surface area contributed by atoms with Crippen LogP contribution in [0.2, 0.25) is 0 Å². The molecule has 3 aromatic carbocycles. The van der Waals surface area contributed by atoms with Crippen LogP contribution in [0.3, 0.4) is 0 Å². The first-order chi connectivity index (χ1) is 12.4. The number of hydrogen-bond donors (Lipinski definition) is 3. The number of anilines is 2. The zero-order valence-corrected chi connectivity index (χ0v) is 14.4. The van der Waals surface area contributed by atoms with Crippen LogP contribution >= 0.6 is 0 Å². The second kappa shape index (κ2) is 7.28. The van der Waals surface area contributed by atoms with Gasteiger partial charge >= 0.3 is 0 Å². The standard InChI is InChI=1S/C19H16N2O4S/c22-17-8-4-7-16(13-17)20-19(23)14-9-11-18(12-10-14)26(24,25)21-15-5-2-1-3-6-15/h1-13,21-22H,(H,20,23). The van der Waals surface area contributed by atoms with Gasteiger partial charge in [0, 0.05) is 23.0 Å². The number of nitrogens with one attached hydrogen (secondary N) is 2. The van der Waals surface area contributed by atoms with E-state index < -0.39 is 15.9 Å². The normalized spacial score (nSPS) is 10.9. The van der Waals surface area contributed by atoms with Gasteiger partial charge in [-0.2, -0.15) is 0 Å². The first-order valence-electron chi connectivity index (χ1n) is 7.72. The zero-order valence-electron chi connectivity index (χ0n) is 13.6. The molecule has 3 rings (SSSR count). The highest BCUT2D eigenvalue weighted by Crippen LogP contribution is 2.18. The lowest BCUT2D eigenvalue weighted by Gasteiger charge is -2.09. The van der Waals surface area contributed by atoms with E-state index in [2.05, 4.69) is 10.0 Å². The smallest absolute Gasteiger partial charge is 0.261 e. The van der Waals surface area contributed by atoms with Crippen molar-refractivity contribution in [3.05, 3.63) is 84.4 Å². The average Bonchev–Trinajstić information content (AvgIpc) is 2.62. The fourth-order valence-corrected chi connectivity index (χ4v) is 3.35. The SMILES string of the molecule is O=C(Nc1cccc(O)c1)c1ccc(S(=O)(=O)Nc2ccccc2)cc1. The summed E-state index contributed by atoms with van der Waals surface area (Å²) in [6, 6.07) is 20.3. The number of phenolic OH excluding ortho intramolecular Hbond substituents is 1. The highest BCUT2D eigenvalue weighted by Gasteiger charge is 2.15. The molecular weight excluding hydrogens is 352 g/mol. The van der Waals surface area contributed by atoms with Crippen molar-refractivity contribution in [2.45, 2.75) is 4.90 Å². The van der Waals surface area contributed by atoms with Gasteiger partial charge in [-0.1, -0.05) is 24.3 Å². The second-order valence-electron chi connectivity index (χ2n) is 5.50. The lowest BCUT2D eigenvalue weighted by molar-refractivity contribution is 0.102. The number of carbonyl (C=O) groups is 1. The molecule has 0 bridgehead atoms. The molecule has 0 unspecified atom stereocenters. The van der Waals surface area contributed by atoms with E-state index in [1.165, 1.54) is 36.4 Å². The maximum absolute atomic E-state index is 12.4. The van der Waals surface area contributed by atoms with Crippen molar-refractivity contribution >= 4 is 27.3 Å². The average molecular weight is 368 g/mol. The molecule has 0 saturated heterocycles. The molecule has 0 spiro atoms. The van der Waals surface area contributed by atoms with Gasteiger partial charge in [0.2, 0.25) is 0 Å². The van der Waals surface area contributed by atoms with Crippen LogP contribution in [0.15, 0.2) is 83.8 Å². The molecule has 3 N–H and O–H groups in total. The maximum atomic E-state index is 12.4. The van der Waals surface area contributed by atoms with Crippen LogP contribution in [0.1, 0.15) is 10.4 Å². The Bertz CT molecular complexity index is 1020. The molecule has 0 aliphatic rings. The molecule has 0 aliphatic carbocycles. The van der Waals surface area contributed by atoms with E-state index in [9.17, 15) is 18.3 Å². The summed E-state index contributed by atoms with van der Waals surface area (Å²) in [6.07, 6.45) is 0. The first kappa shape index (κ1) is 17.5. The van der Waals surface area contributed by atoms with E-state index in [0.717, 1.165) is 0 Å². The van der Waals surface area contributed by atoms with Crippen molar-refractivity contribution in [1.82, 2.24) is 0 Å². The minimum absolute atomic E-state index is 0.0382. The topological polar surface area (TPSA) is 95.5 Å². The summed E-state index contributed by atoms with van der Waals surface area (Å²) in [4.78, 5) is 12.3. The van der Waals surface area contributed by atoms with Crippen LogP contribution in [-0.4, -0.2) is 19.4 Å². The summed E-state index contributed by atoms with van der Waals surface area (Å²) in [5, 5.41) is 12.1. The highest BCUT2D eigenvalue weighted by molar-refractivity contribution is 7.92. The Kier molecular flexibility index (Phi) is 4.90. The minimum atomic E-state index is -3.74.